The van der Waals surface area contributed by atoms with Crippen LogP contribution in [0, 0.1) is 18.3 Å². The molecule has 1 fully saturated rings. The number of terminal acetylenes is 1. The molecule has 0 aromatic carbocycles. The molecule has 1 unspecified atom stereocenters. The van der Waals surface area contributed by atoms with E-state index < -0.39 is 5.97 Å². The highest BCUT2D eigenvalue weighted by atomic mass is 32.2. The van der Waals surface area contributed by atoms with Gasteiger partial charge < -0.3 is 15.7 Å². The van der Waals surface area contributed by atoms with Gasteiger partial charge in [-0.2, -0.15) is 0 Å². The molecule has 1 aliphatic carbocycles. The first-order chi connectivity index (χ1) is 8.63. The SMILES string of the molecule is C#CCSCCNC(=O)NC(CC(=O)O)C1CC1. The lowest BCUT2D eigenvalue weighted by atomic mass is 10.1. The van der Waals surface area contributed by atoms with Gasteiger partial charge in [-0.3, -0.25) is 4.79 Å². The van der Waals surface area contributed by atoms with Gasteiger partial charge in [0.2, 0.25) is 0 Å². The highest BCUT2D eigenvalue weighted by Gasteiger charge is 2.33. The molecule has 0 radical (unpaired) electrons. The van der Waals surface area contributed by atoms with Gasteiger partial charge in [-0.15, -0.1) is 18.2 Å². The van der Waals surface area contributed by atoms with Crippen LogP contribution in [0.4, 0.5) is 4.79 Å². The van der Waals surface area contributed by atoms with Crippen LogP contribution in [0.2, 0.25) is 0 Å². The topological polar surface area (TPSA) is 78.4 Å². The highest BCUT2D eigenvalue weighted by molar-refractivity contribution is 7.99. The number of carboxylic acid groups (broad SMARTS) is 1. The van der Waals surface area contributed by atoms with Crippen molar-refractivity contribution in [2.75, 3.05) is 18.1 Å². The summed E-state index contributed by atoms with van der Waals surface area (Å²) in [6, 6.07) is -0.546. The third kappa shape index (κ3) is 6.40. The van der Waals surface area contributed by atoms with Crippen molar-refractivity contribution in [2.24, 2.45) is 5.92 Å². The van der Waals surface area contributed by atoms with Gasteiger partial charge in [-0.25, -0.2) is 4.79 Å². The van der Waals surface area contributed by atoms with Crippen LogP contribution in [-0.2, 0) is 4.79 Å². The van der Waals surface area contributed by atoms with Crippen LogP contribution in [0.25, 0.3) is 0 Å². The number of thioether (sulfide) groups is 1. The standard InChI is InChI=1S/C12H18N2O3S/c1-2-6-18-7-5-13-12(17)14-10(8-11(15)16)9-3-4-9/h1,9-10H,3-8H2,(H,15,16)(H2,13,14,17). The monoisotopic (exact) mass is 270 g/mol. The van der Waals surface area contributed by atoms with E-state index >= 15 is 0 Å². The van der Waals surface area contributed by atoms with E-state index in [1.165, 1.54) is 0 Å². The number of amides is 2. The average molecular weight is 270 g/mol. The number of carboxylic acids is 1. The smallest absolute Gasteiger partial charge is 0.315 e. The average Bonchev–Trinajstić information content (AvgIpc) is 3.11. The fourth-order valence-corrected chi connectivity index (χ4v) is 2.12. The van der Waals surface area contributed by atoms with E-state index in [2.05, 4.69) is 16.6 Å². The summed E-state index contributed by atoms with van der Waals surface area (Å²) in [5.41, 5.74) is 0. The lowest BCUT2D eigenvalue weighted by Gasteiger charge is -2.16. The fourth-order valence-electron chi connectivity index (χ4n) is 1.61. The second kappa shape index (κ2) is 7.88. The number of aliphatic carboxylic acids is 1. The summed E-state index contributed by atoms with van der Waals surface area (Å²) in [6.07, 6.45) is 7.08. The van der Waals surface area contributed by atoms with Crippen LogP contribution in [0.3, 0.4) is 0 Å². The van der Waals surface area contributed by atoms with Crippen molar-refractivity contribution in [1.29, 1.82) is 0 Å². The number of rotatable bonds is 8. The third-order valence-corrected chi connectivity index (χ3v) is 3.48. The minimum absolute atomic E-state index is 0.00999. The molecule has 1 saturated carbocycles. The lowest BCUT2D eigenvalue weighted by Crippen LogP contribution is -2.44. The van der Waals surface area contributed by atoms with Gasteiger partial charge in [0.1, 0.15) is 0 Å². The molecular formula is C12H18N2O3S. The molecule has 5 nitrogen and oxygen atoms in total. The van der Waals surface area contributed by atoms with Gasteiger partial charge in [0.25, 0.3) is 0 Å². The second-order valence-electron chi connectivity index (χ2n) is 4.20. The van der Waals surface area contributed by atoms with E-state index in [0.717, 1.165) is 18.6 Å². The summed E-state index contributed by atoms with van der Waals surface area (Å²) in [6.45, 7) is 0.530. The Morgan fingerprint density at radius 3 is 2.78 bits per heavy atom. The molecule has 0 aliphatic heterocycles. The van der Waals surface area contributed by atoms with Crippen molar-refractivity contribution >= 4 is 23.8 Å². The zero-order chi connectivity index (χ0) is 13.4. The number of nitrogens with one attached hydrogen (secondary N) is 2. The van der Waals surface area contributed by atoms with Crippen molar-refractivity contribution in [1.82, 2.24) is 10.6 Å². The number of carbonyl (C=O) groups is 2. The van der Waals surface area contributed by atoms with E-state index in [9.17, 15) is 9.59 Å². The Kier molecular flexibility index (Phi) is 6.44. The Bertz CT molecular complexity index is 337. The van der Waals surface area contributed by atoms with Crippen molar-refractivity contribution < 1.29 is 14.7 Å². The molecule has 1 atom stereocenters. The summed E-state index contributed by atoms with van der Waals surface area (Å²) in [4.78, 5) is 22.2. The number of hydrogen-bond donors (Lipinski definition) is 3. The molecule has 0 heterocycles. The molecule has 6 heteroatoms. The Morgan fingerprint density at radius 1 is 1.50 bits per heavy atom. The van der Waals surface area contributed by atoms with Crippen molar-refractivity contribution in [3.05, 3.63) is 0 Å². The predicted octanol–water partition coefficient (Wildman–Crippen LogP) is 0.905. The van der Waals surface area contributed by atoms with Crippen LogP contribution in [-0.4, -0.2) is 41.2 Å². The normalized spacial score (nSPS) is 15.5. The van der Waals surface area contributed by atoms with E-state index in [1.807, 2.05) is 0 Å². The molecule has 0 bridgehead atoms. The van der Waals surface area contributed by atoms with Crippen molar-refractivity contribution in [3.63, 3.8) is 0 Å². The molecular weight excluding hydrogens is 252 g/mol. The first-order valence-electron chi connectivity index (χ1n) is 5.91. The molecule has 3 N–H and O–H groups in total. The first kappa shape index (κ1) is 14.7. The Morgan fingerprint density at radius 2 is 2.22 bits per heavy atom. The van der Waals surface area contributed by atoms with E-state index in [0.29, 0.717) is 18.2 Å². The number of carbonyl (C=O) groups excluding carboxylic acids is 1. The summed E-state index contributed by atoms with van der Waals surface area (Å²) < 4.78 is 0. The fraction of sp³-hybridized carbons (Fsp3) is 0.667. The van der Waals surface area contributed by atoms with Crippen LogP contribution < -0.4 is 10.6 Å². The molecule has 0 saturated heterocycles. The quantitative estimate of drug-likeness (QED) is 0.452. The van der Waals surface area contributed by atoms with Crippen LogP contribution >= 0.6 is 11.8 Å². The molecule has 18 heavy (non-hydrogen) atoms. The van der Waals surface area contributed by atoms with Crippen LogP contribution in [0.5, 0.6) is 0 Å². The van der Waals surface area contributed by atoms with Gasteiger partial charge in [0, 0.05) is 18.3 Å². The Hall–Kier alpha value is -1.35. The third-order valence-electron chi connectivity index (χ3n) is 2.62. The van der Waals surface area contributed by atoms with Gasteiger partial charge >= 0.3 is 12.0 Å². The maximum atomic E-state index is 11.5. The van der Waals surface area contributed by atoms with E-state index in [-0.39, 0.29) is 18.5 Å². The summed E-state index contributed by atoms with van der Waals surface area (Å²) >= 11 is 1.57. The van der Waals surface area contributed by atoms with Crippen molar-refractivity contribution in [2.45, 2.75) is 25.3 Å². The molecule has 0 spiro atoms. The Balaban J connectivity index is 2.16. The number of urea groups is 1. The molecule has 1 rings (SSSR count). The summed E-state index contributed by atoms with van der Waals surface area (Å²) in [5.74, 6) is 3.33. The minimum atomic E-state index is -0.878. The van der Waals surface area contributed by atoms with Gasteiger partial charge in [0.15, 0.2) is 0 Å². The van der Waals surface area contributed by atoms with Gasteiger partial charge in [-0.05, 0) is 18.8 Å². The summed E-state index contributed by atoms with van der Waals surface area (Å²) in [7, 11) is 0. The Labute approximate surface area is 111 Å². The zero-order valence-electron chi connectivity index (χ0n) is 10.1. The summed E-state index contributed by atoms with van der Waals surface area (Å²) in [5, 5.41) is 14.2. The van der Waals surface area contributed by atoms with Gasteiger partial charge in [-0.1, -0.05) is 5.92 Å². The first-order valence-corrected chi connectivity index (χ1v) is 7.06. The lowest BCUT2D eigenvalue weighted by molar-refractivity contribution is -0.137. The molecule has 0 aromatic heterocycles. The molecule has 1 aliphatic rings. The molecule has 100 valence electrons. The van der Waals surface area contributed by atoms with E-state index in [4.69, 9.17) is 11.5 Å². The molecule has 2 amide bonds. The second-order valence-corrected chi connectivity index (χ2v) is 5.30. The molecule has 0 aromatic rings. The minimum Gasteiger partial charge on any atom is -0.481 e. The van der Waals surface area contributed by atoms with Crippen molar-refractivity contribution in [3.8, 4) is 12.3 Å². The van der Waals surface area contributed by atoms with Crippen LogP contribution in [0.15, 0.2) is 0 Å². The van der Waals surface area contributed by atoms with Crippen LogP contribution in [0.1, 0.15) is 19.3 Å². The van der Waals surface area contributed by atoms with E-state index in [1.54, 1.807) is 11.8 Å². The maximum Gasteiger partial charge on any atom is 0.315 e. The largest absolute Gasteiger partial charge is 0.481 e. The number of hydrogen-bond acceptors (Lipinski definition) is 3. The zero-order valence-corrected chi connectivity index (χ0v) is 11.0. The maximum absolute atomic E-state index is 11.5. The highest BCUT2D eigenvalue weighted by Crippen LogP contribution is 2.33. The predicted molar refractivity (Wildman–Crippen MR) is 71.5 cm³/mol. The van der Waals surface area contributed by atoms with Gasteiger partial charge in [0.05, 0.1) is 12.2 Å².